The average Bonchev–Trinajstić information content (AvgIpc) is 3.35. The van der Waals surface area contributed by atoms with Crippen LogP contribution < -0.4 is 21.3 Å². The highest BCUT2D eigenvalue weighted by molar-refractivity contribution is 5.94. The lowest BCUT2D eigenvalue weighted by Gasteiger charge is -2.36. The molecule has 0 aromatic heterocycles. The van der Waals surface area contributed by atoms with Gasteiger partial charge in [0.1, 0.15) is 24.2 Å². The van der Waals surface area contributed by atoms with Gasteiger partial charge in [-0.2, -0.15) is 0 Å². The number of ether oxygens (including phenoxy) is 4. The highest BCUT2D eigenvalue weighted by Crippen LogP contribution is 2.25. The number of amides is 6. The van der Waals surface area contributed by atoms with Crippen molar-refractivity contribution in [2.45, 2.75) is 224 Å². The number of cyclic esters (lactones) is 4. The van der Waals surface area contributed by atoms with E-state index in [-0.39, 0.29) is 12.8 Å². The van der Waals surface area contributed by atoms with Crippen molar-refractivity contribution in [3.8, 4) is 24.7 Å². The predicted octanol–water partition coefficient (Wildman–Crippen LogP) is 5.37. The first kappa shape index (κ1) is 71.8. The molecule has 0 radical (unpaired) electrons. The van der Waals surface area contributed by atoms with E-state index in [4.69, 9.17) is 31.8 Å². The maximum atomic E-state index is 14.5. The fraction of sp³-hybridized carbons (Fsp3) is 0.767. The van der Waals surface area contributed by atoms with Crippen LogP contribution in [-0.2, 0) is 66.9 Å². The van der Waals surface area contributed by atoms with Crippen LogP contribution in [0.1, 0.15) is 163 Å². The molecule has 80 heavy (non-hydrogen) atoms. The number of hydrogen-bond donors (Lipinski definition) is 4. The first-order valence-electron chi connectivity index (χ1n) is 28.5. The molecule has 1 aliphatic rings. The molecule has 4 unspecified atom stereocenters. The zero-order chi connectivity index (χ0) is 61.8. The van der Waals surface area contributed by atoms with E-state index in [1.807, 2.05) is 0 Å². The third kappa shape index (κ3) is 20.7. The Labute approximate surface area is 477 Å². The minimum Gasteiger partial charge on any atom is -0.449 e. The summed E-state index contributed by atoms with van der Waals surface area (Å²) in [5.41, 5.74) is 0. The first-order valence-corrected chi connectivity index (χ1v) is 28.5. The van der Waals surface area contributed by atoms with Crippen molar-refractivity contribution < 1.29 is 66.9 Å². The summed E-state index contributed by atoms with van der Waals surface area (Å²) in [6.07, 6.45) is 6.96. The number of terminal acetylenes is 2. The molecule has 1 aliphatic heterocycles. The maximum Gasteiger partial charge on any atom is 0.348 e. The van der Waals surface area contributed by atoms with E-state index in [1.165, 1.54) is 23.9 Å². The Morgan fingerprint density at radius 1 is 0.400 bits per heavy atom. The number of unbranched alkanes of at least 4 members (excludes halogenated alkanes) is 2. The molecule has 1 fully saturated rings. The van der Waals surface area contributed by atoms with Gasteiger partial charge in [0.2, 0.25) is 35.8 Å². The van der Waals surface area contributed by atoms with Crippen molar-refractivity contribution in [1.82, 2.24) is 31.1 Å². The van der Waals surface area contributed by atoms with Gasteiger partial charge in [0.15, 0.2) is 12.2 Å². The summed E-state index contributed by atoms with van der Waals surface area (Å²) in [4.78, 5) is 146. The topological polar surface area (TPSA) is 262 Å². The summed E-state index contributed by atoms with van der Waals surface area (Å²) in [7, 11) is 2.82. The molecule has 1 rings (SSSR count). The van der Waals surface area contributed by atoms with E-state index in [1.54, 1.807) is 125 Å². The van der Waals surface area contributed by atoms with Gasteiger partial charge in [0.25, 0.3) is 11.8 Å². The molecule has 1 saturated heterocycles. The lowest BCUT2D eigenvalue weighted by molar-refractivity contribution is -0.182. The van der Waals surface area contributed by atoms with Crippen LogP contribution in [0.3, 0.4) is 0 Å². The molecule has 0 saturated carbocycles. The van der Waals surface area contributed by atoms with E-state index in [2.05, 4.69) is 33.1 Å². The quantitative estimate of drug-likeness (QED) is 0.0738. The summed E-state index contributed by atoms with van der Waals surface area (Å²) >= 11 is 0. The minimum absolute atomic E-state index is 0.219. The van der Waals surface area contributed by atoms with Gasteiger partial charge >= 0.3 is 23.9 Å². The van der Waals surface area contributed by atoms with Crippen molar-refractivity contribution in [3.05, 3.63) is 0 Å². The molecule has 12 atom stereocenters. The summed E-state index contributed by atoms with van der Waals surface area (Å²) in [6.45, 7) is 29.7. The average molecular weight is 1130 g/mol. The van der Waals surface area contributed by atoms with Crippen molar-refractivity contribution in [3.63, 3.8) is 0 Å². The van der Waals surface area contributed by atoms with Gasteiger partial charge in [-0.25, -0.2) is 19.2 Å². The van der Waals surface area contributed by atoms with Gasteiger partial charge in [-0.1, -0.05) is 125 Å². The fourth-order valence-corrected chi connectivity index (χ4v) is 9.52. The Balaban J connectivity index is 4.19. The number of nitrogens with zero attached hydrogens (tertiary/aromatic N) is 2. The molecule has 0 bridgehead atoms. The third-order valence-corrected chi connectivity index (χ3v) is 14.5. The van der Waals surface area contributed by atoms with Gasteiger partial charge in [-0.05, 0) is 61.2 Å². The zero-order valence-electron chi connectivity index (χ0n) is 51.6. The second kappa shape index (κ2) is 33.5. The number of nitrogens with one attached hydrogen (secondary N) is 4. The van der Waals surface area contributed by atoms with Crippen LogP contribution in [0.4, 0.5) is 0 Å². The van der Waals surface area contributed by atoms with Gasteiger partial charge in [0, 0.05) is 50.9 Å². The Kier molecular flexibility index (Phi) is 30.1. The predicted molar refractivity (Wildman–Crippen MR) is 303 cm³/mol. The summed E-state index contributed by atoms with van der Waals surface area (Å²) in [5.74, 6) is -9.78. The lowest BCUT2D eigenvalue weighted by atomic mass is 9.92. The molecule has 4 N–H and O–H groups in total. The molecule has 6 amide bonds. The van der Waals surface area contributed by atoms with E-state index in [0.29, 0.717) is 25.7 Å². The van der Waals surface area contributed by atoms with Gasteiger partial charge < -0.3 is 50.0 Å². The number of hydrogen-bond acceptors (Lipinski definition) is 14. The Morgan fingerprint density at radius 2 is 0.675 bits per heavy atom. The second-order valence-electron chi connectivity index (χ2n) is 24.1. The monoisotopic (exact) mass is 1130 g/mol. The number of carbonyl (C=O) groups excluding carboxylic acids is 10. The number of rotatable bonds is 14. The van der Waals surface area contributed by atoms with Crippen LogP contribution in [0.25, 0.3) is 0 Å². The lowest BCUT2D eigenvalue weighted by Crippen LogP contribution is -2.58. The van der Waals surface area contributed by atoms with E-state index >= 15 is 0 Å². The smallest absolute Gasteiger partial charge is 0.348 e. The van der Waals surface area contributed by atoms with Crippen molar-refractivity contribution in [2.75, 3.05) is 14.1 Å². The third-order valence-electron chi connectivity index (χ3n) is 14.5. The number of carbonyl (C=O) groups is 10. The number of esters is 4. The number of likely N-dealkylation sites (N-methyl/N-ethyl adjacent to an activating group) is 2. The molecule has 0 aliphatic carbocycles. The first-order chi connectivity index (χ1) is 37.1. The summed E-state index contributed by atoms with van der Waals surface area (Å²) < 4.78 is 23.5. The highest BCUT2D eigenvalue weighted by Gasteiger charge is 2.44. The molecular weight excluding hydrogens is 1030 g/mol. The summed E-state index contributed by atoms with van der Waals surface area (Å²) in [6, 6.07) is -6.72. The fourth-order valence-electron chi connectivity index (χ4n) is 9.52. The van der Waals surface area contributed by atoms with Crippen LogP contribution in [0.5, 0.6) is 0 Å². The Bertz CT molecular complexity index is 2060. The van der Waals surface area contributed by atoms with Gasteiger partial charge in [-0.3, -0.25) is 28.8 Å². The van der Waals surface area contributed by atoms with Crippen molar-refractivity contribution in [2.24, 2.45) is 59.2 Å². The van der Waals surface area contributed by atoms with Crippen LogP contribution in [-0.4, -0.2) is 144 Å². The molecule has 20 nitrogen and oxygen atoms in total. The molecule has 0 aromatic rings. The van der Waals surface area contributed by atoms with Crippen LogP contribution >= 0.6 is 0 Å². The van der Waals surface area contributed by atoms with Crippen LogP contribution in [0, 0.1) is 83.9 Å². The highest BCUT2D eigenvalue weighted by atomic mass is 16.6. The standard InChI is InChI=1S/C60H98N6O14/c1-23-25-27-29-41-39(19)55(71)65(21)45(33(7)8)57(73)79-49(37(15)16)59(75)78-48(36(13)14)54(70)64-44(32(5)6)52(68)62-42(30-28-26-24-2)40(20)56(72)66(22)46(34(9)10)58(74)80-50(38(17)18)60(76)77-47(35(11)12)53(69)63-43(31(3)4)51(67)61-41/h1-2,31-50H,25-30H2,3-22H3,(H,61,67)(H,62,68)(H,63,69)(H,64,70)/t39-,40-,41-,42?,43-,44?,45-,46?,47-,48-,49?,50-/m0/s1. The molecule has 0 aromatic carbocycles. The minimum atomic E-state index is -1.55. The molecular formula is C60H98N6O14. The van der Waals surface area contributed by atoms with E-state index in [0.717, 1.165) is 0 Å². The molecule has 20 heteroatoms. The normalized spacial score (nSPS) is 27.9. The van der Waals surface area contributed by atoms with E-state index in [9.17, 15) is 47.9 Å². The van der Waals surface area contributed by atoms with Gasteiger partial charge in [0.05, 0.1) is 11.8 Å². The van der Waals surface area contributed by atoms with Crippen molar-refractivity contribution >= 4 is 59.3 Å². The Morgan fingerprint density at radius 3 is 0.912 bits per heavy atom. The van der Waals surface area contributed by atoms with Crippen molar-refractivity contribution in [1.29, 1.82) is 0 Å². The summed E-state index contributed by atoms with van der Waals surface area (Å²) in [5, 5.41) is 11.4. The van der Waals surface area contributed by atoms with E-state index < -0.39 is 179 Å². The molecule has 0 spiro atoms. The second-order valence-corrected chi connectivity index (χ2v) is 24.1. The van der Waals surface area contributed by atoms with Gasteiger partial charge in [-0.15, -0.1) is 24.7 Å². The SMILES string of the molecule is C#CCCCC1NC(=O)C(C(C)C)NC(=O)[C@H](C(C)C)OC(=O)C(C(C)C)OC(=O)[C@H](C(C)C)N(C)C(=O)[C@@H](C)[C@H](CCCC#C)NC(=O)[C@H](C(C)C)NC(=O)[C@H](C(C)C)OC(=O)[C@H](C(C)C)OC(=O)C(C(C)C)N(C)C(=O)[C@H]1C. The van der Waals surface area contributed by atoms with Crippen LogP contribution in [0.2, 0.25) is 0 Å². The zero-order valence-corrected chi connectivity index (χ0v) is 51.6. The molecule has 1 heterocycles. The maximum absolute atomic E-state index is 14.5. The Hall–Kier alpha value is -6.18. The van der Waals surface area contributed by atoms with Crippen LogP contribution in [0.15, 0.2) is 0 Å². The largest absolute Gasteiger partial charge is 0.449 e. The molecule has 452 valence electrons.